The van der Waals surface area contributed by atoms with Crippen LogP contribution in [0.25, 0.3) is 0 Å². The lowest BCUT2D eigenvalue weighted by atomic mass is 9.99. The van der Waals surface area contributed by atoms with Crippen LogP contribution in [-0.4, -0.2) is 36.1 Å². The largest absolute Gasteiger partial charge is 0.314 e. The van der Waals surface area contributed by atoms with Gasteiger partial charge in [0, 0.05) is 44.0 Å². The predicted octanol–water partition coefficient (Wildman–Crippen LogP) is 4.11. The predicted molar refractivity (Wildman–Crippen MR) is 95.1 cm³/mol. The Kier molecular flexibility index (Phi) is 11.5. The molecule has 1 aromatic rings. The SMILES string of the molecule is CCCCC[C@H](c1cccnc1Cl)N1CCNCC1.Cl.Cl. The van der Waals surface area contributed by atoms with Gasteiger partial charge in [0.05, 0.1) is 0 Å². The van der Waals surface area contributed by atoms with E-state index in [9.17, 15) is 0 Å². The zero-order valence-corrected chi connectivity index (χ0v) is 14.9. The summed E-state index contributed by atoms with van der Waals surface area (Å²) in [5.41, 5.74) is 1.20. The number of halogens is 3. The summed E-state index contributed by atoms with van der Waals surface area (Å²) in [7, 11) is 0. The van der Waals surface area contributed by atoms with Crippen molar-refractivity contribution in [2.24, 2.45) is 0 Å². The summed E-state index contributed by atoms with van der Waals surface area (Å²) < 4.78 is 0. The van der Waals surface area contributed by atoms with Gasteiger partial charge in [0.2, 0.25) is 0 Å². The molecule has 1 aromatic heterocycles. The summed E-state index contributed by atoms with van der Waals surface area (Å²) in [4.78, 5) is 6.80. The van der Waals surface area contributed by atoms with Crippen molar-refractivity contribution < 1.29 is 0 Å². The van der Waals surface area contributed by atoms with Gasteiger partial charge < -0.3 is 5.32 Å². The molecule has 21 heavy (non-hydrogen) atoms. The van der Waals surface area contributed by atoms with Gasteiger partial charge >= 0.3 is 0 Å². The van der Waals surface area contributed by atoms with Crippen LogP contribution in [0.1, 0.15) is 44.2 Å². The van der Waals surface area contributed by atoms with Crippen molar-refractivity contribution in [3.05, 3.63) is 29.0 Å². The Bertz CT molecular complexity index is 384. The first-order chi connectivity index (χ1) is 9.33. The monoisotopic (exact) mass is 353 g/mol. The molecule has 1 atom stereocenters. The van der Waals surface area contributed by atoms with Gasteiger partial charge in [-0.1, -0.05) is 43.9 Å². The molecule has 0 bridgehead atoms. The maximum atomic E-state index is 6.30. The molecule has 2 rings (SSSR count). The van der Waals surface area contributed by atoms with Crippen LogP contribution < -0.4 is 5.32 Å². The number of hydrogen-bond donors (Lipinski definition) is 1. The molecule has 0 spiro atoms. The topological polar surface area (TPSA) is 28.2 Å². The van der Waals surface area contributed by atoms with Gasteiger partial charge in [-0.2, -0.15) is 0 Å². The van der Waals surface area contributed by atoms with Gasteiger partial charge in [0.1, 0.15) is 5.15 Å². The molecule has 1 saturated heterocycles. The second-order valence-electron chi connectivity index (χ2n) is 5.18. The lowest BCUT2D eigenvalue weighted by molar-refractivity contribution is 0.162. The van der Waals surface area contributed by atoms with Crippen LogP contribution in [0.2, 0.25) is 5.15 Å². The van der Waals surface area contributed by atoms with E-state index >= 15 is 0 Å². The van der Waals surface area contributed by atoms with Gasteiger partial charge in [0.25, 0.3) is 0 Å². The van der Waals surface area contributed by atoms with E-state index in [0.717, 1.165) is 26.2 Å². The van der Waals surface area contributed by atoms with Gasteiger partial charge in [-0.05, 0) is 12.5 Å². The minimum Gasteiger partial charge on any atom is -0.314 e. The third-order valence-electron chi connectivity index (χ3n) is 3.82. The first-order valence-electron chi connectivity index (χ1n) is 7.38. The van der Waals surface area contributed by atoms with E-state index in [1.165, 1.54) is 31.2 Å². The number of piperazine rings is 1. The van der Waals surface area contributed by atoms with Gasteiger partial charge in [0.15, 0.2) is 0 Å². The van der Waals surface area contributed by atoms with Gasteiger partial charge in [-0.25, -0.2) is 4.98 Å². The van der Waals surface area contributed by atoms with Crippen molar-refractivity contribution in [2.45, 2.75) is 38.6 Å². The molecular formula is C15H26Cl3N3. The normalized spacial score (nSPS) is 16.7. The summed E-state index contributed by atoms with van der Waals surface area (Å²) in [6, 6.07) is 4.55. The zero-order chi connectivity index (χ0) is 13.5. The molecule has 1 fully saturated rings. The Morgan fingerprint density at radius 1 is 1.29 bits per heavy atom. The standard InChI is InChI=1S/C15H24ClN3.2ClH/c1-2-3-4-7-14(19-11-9-17-10-12-19)13-6-5-8-18-15(13)16;;/h5-6,8,14,17H,2-4,7,9-12H2,1H3;2*1H/t14-;;/m1../s1. The highest BCUT2D eigenvalue weighted by Gasteiger charge is 2.23. The number of aromatic nitrogens is 1. The molecule has 3 nitrogen and oxygen atoms in total. The Balaban J connectivity index is 0.00000200. The number of hydrogen-bond acceptors (Lipinski definition) is 3. The highest BCUT2D eigenvalue weighted by molar-refractivity contribution is 6.30. The molecule has 0 aromatic carbocycles. The van der Waals surface area contributed by atoms with Crippen molar-refractivity contribution in [1.82, 2.24) is 15.2 Å². The molecule has 1 N–H and O–H groups in total. The van der Waals surface area contributed by atoms with E-state index in [1.54, 1.807) is 6.20 Å². The smallest absolute Gasteiger partial charge is 0.133 e. The van der Waals surface area contributed by atoms with Gasteiger partial charge in [-0.15, -0.1) is 24.8 Å². The minimum absolute atomic E-state index is 0. The highest BCUT2D eigenvalue weighted by atomic mass is 35.5. The van der Waals surface area contributed by atoms with Crippen molar-refractivity contribution in [2.75, 3.05) is 26.2 Å². The fourth-order valence-electron chi connectivity index (χ4n) is 2.76. The van der Waals surface area contributed by atoms with Crippen LogP contribution in [0.15, 0.2) is 18.3 Å². The van der Waals surface area contributed by atoms with Gasteiger partial charge in [-0.3, -0.25) is 4.90 Å². The van der Waals surface area contributed by atoms with Crippen LogP contribution in [0, 0.1) is 0 Å². The lowest BCUT2D eigenvalue weighted by Gasteiger charge is -2.35. The summed E-state index contributed by atoms with van der Waals surface area (Å²) >= 11 is 6.30. The number of nitrogens with zero attached hydrogens (tertiary/aromatic N) is 2. The first-order valence-corrected chi connectivity index (χ1v) is 7.76. The summed E-state index contributed by atoms with van der Waals surface area (Å²) in [5.74, 6) is 0. The molecule has 2 heterocycles. The quantitative estimate of drug-likeness (QED) is 0.615. The number of rotatable bonds is 6. The molecular weight excluding hydrogens is 329 g/mol. The van der Waals surface area contributed by atoms with Crippen molar-refractivity contribution in [1.29, 1.82) is 0 Å². The summed E-state index contributed by atoms with van der Waals surface area (Å²) in [6.07, 6.45) is 6.76. The average Bonchev–Trinajstić information content (AvgIpc) is 2.46. The summed E-state index contributed by atoms with van der Waals surface area (Å²) in [6.45, 7) is 6.59. The maximum Gasteiger partial charge on any atom is 0.133 e. The molecule has 122 valence electrons. The first kappa shape index (κ1) is 20.9. The minimum atomic E-state index is 0. The lowest BCUT2D eigenvalue weighted by Crippen LogP contribution is -2.45. The Hall–Kier alpha value is -0.0600. The number of pyridine rings is 1. The second-order valence-corrected chi connectivity index (χ2v) is 5.54. The Labute approximate surface area is 145 Å². The van der Waals surface area contributed by atoms with E-state index in [1.807, 2.05) is 6.07 Å². The molecule has 0 amide bonds. The van der Waals surface area contributed by atoms with E-state index < -0.39 is 0 Å². The van der Waals surface area contributed by atoms with Crippen LogP contribution in [-0.2, 0) is 0 Å². The van der Waals surface area contributed by atoms with E-state index in [-0.39, 0.29) is 24.8 Å². The van der Waals surface area contributed by atoms with Crippen molar-refractivity contribution >= 4 is 36.4 Å². The Morgan fingerprint density at radius 2 is 2.00 bits per heavy atom. The number of nitrogens with one attached hydrogen (secondary N) is 1. The van der Waals surface area contributed by atoms with E-state index in [4.69, 9.17) is 11.6 Å². The fourth-order valence-corrected chi connectivity index (χ4v) is 3.01. The molecule has 0 radical (unpaired) electrons. The molecule has 0 aliphatic carbocycles. The van der Waals surface area contributed by atoms with Crippen LogP contribution >= 0.6 is 36.4 Å². The third kappa shape index (κ3) is 6.29. The fraction of sp³-hybridized carbons (Fsp3) is 0.667. The third-order valence-corrected chi connectivity index (χ3v) is 4.14. The molecule has 1 aliphatic heterocycles. The van der Waals surface area contributed by atoms with Crippen LogP contribution in [0.4, 0.5) is 0 Å². The van der Waals surface area contributed by atoms with E-state index in [2.05, 4.69) is 28.2 Å². The summed E-state index contributed by atoms with van der Waals surface area (Å²) in [5, 5.41) is 4.08. The maximum absolute atomic E-state index is 6.30. The highest BCUT2D eigenvalue weighted by Crippen LogP contribution is 2.30. The van der Waals surface area contributed by atoms with Crippen LogP contribution in [0.5, 0.6) is 0 Å². The Morgan fingerprint density at radius 3 is 2.62 bits per heavy atom. The van der Waals surface area contributed by atoms with Crippen molar-refractivity contribution in [3.8, 4) is 0 Å². The van der Waals surface area contributed by atoms with E-state index in [0.29, 0.717) is 11.2 Å². The zero-order valence-electron chi connectivity index (χ0n) is 12.6. The second kappa shape index (κ2) is 11.5. The molecule has 0 saturated carbocycles. The number of unbranched alkanes of at least 4 members (excludes halogenated alkanes) is 2. The average molecular weight is 355 g/mol. The molecule has 1 aliphatic rings. The van der Waals surface area contributed by atoms with Crippen molar-refractivity contribution in [3.63, 3.8) is 0 Å². The van der Waals surface area contributed by atoms with Crippen LogP contribution in [0.3, 0.4) is 0 Å². The molecule has 0 unspecified atom stereocenters. The molecule has 6 heteroatoms.